The van der Waals surface area contributed by atoms with Crippen LogP contribution in [0, 0.1) is 6.92 Å². The van der Waals surface area contributed by atoms with Crippen molar-refractivity contribution in [3.05, 3.63) is 34.1 Å². The topological polar surface area (TPSA) is 56.7 Å². The van der Waals surface area contributed by atoms with E-state index in [1.54, 1.807) is 25.1 Å². The van der Waals surface area contributed by atoms with Crippen molar-refractivity contribution >= 4 is 29.2 Å². The first-order valence-electron chi connectivity index (χ1n) is 4.22. The van der Waals surface area contributed by atoms with Gasteiger partial charge in [-0.05, 0) is 25.1 Å². The predicted molar refractivity (Wildman–Crippen MR) is 60.5 cm³/mol. The number of nitrogen functional groups attached to an aromatic ring is 1. The first-order valence-corrected chi connectivity index (χ1v) is 4.98. The summed E-state index contributed by atoms with van der Waals surface area (Å²) in [7, 11) is 0. The number of hydrogen-bond acceptors (Lipinski definition) is 3. The van der Waals surface area contributed by atoms with Gasteiger partial charge in [-0.25, -0.2) is 0 Å². The number of aryl methyl sites for hydroxylation is 1. The van der Waals surface area contributed by atoms with Gasteiger partial charge in [-0.3, -0.25) is 0 Å². The first kappa shape index (κ1) is 10.3. The Morgan fingerprint density at radius 3 is 2.53 bits per heavy atom. The number of nitrogens with zero attached hydrogens (tertiary/aromatic N) is 3. The summed E-state index contributed by atoms with van der Waals surface area (Å²) < 4.78 is 1.51. The molecule has 2 N–H and O–H groups in total. The van der Waals surface area contributed by atoms with Crippen molar-refractivity contribution in [1.82, 2.24) is 14.8 Å². The van der Waals surface area contributed by atoms with Gasteiger partial charge in [-0.15, -0.1) is 5.10 Å². The molecule has 0 bridgehead atoms. The molecule has 0 spiro atoms. The first-order chi connectivity index (χ1) is 7.08. The summed E-state index contributed by atoms with van der Waals surface area (Å²) in [4.78, 5) is 3.99. The third kappa shape index (κ3) is 1.91. The number of hydrogen-bond donors (Lipinski definition) is 1. The van der Waals surface area contributed by atoms with Gasteiger partial charge in [-0.1, -0.05) is 23.2 Å². The van der Waals surface area contributed by atoms with Crippen LogP contribution in [-0.4, -0.2) is 14.8 Å². The van der Waals surface area contributed by atoms with Crippen LogP contribution in [-0.2, 0) is 0 Å². The SMILES string of the molecule is Cc1nc(N)n(-c2ccc(Cl)c(Cl)c2)n1. The minimum atomic E-state index is 0.325. The number of anilines is 1. The fourth-order valence-corrected chi connectivity index (χ4v) is 1.53. The summed E-state index contributed by atoms with van der Waals surface area (Å²) in [5, 5.41) is 5.09. The molecule has 0 aliphatic heterocycles. The van der Waals surface area contributed by atoms with Gasteiger partial charge in [0.2, 0.25) is 5.95 Å². The summed E-state index contributed by atoms with van der Waals surface area (Å²) in [5.74, 6) is 0.935. The van der Waals surface area contributed by atoms with E-state index in [-0.39, 0.29) is 0 Å². The molecule has 0 fully saturated rings. The van der Waals surface area contributed by atoms with Crippen LogP contribution >= 0.6 is 23.2 Å². The quantitative estimate of drug-likeness (QED) is 0.836. The molecule has 1 aromatic heterocycles. The Morgan fingerprint density at radius 1 is 1.27 bits per heavy atom. The Hall–Kier alpha value is -1.26. The monoisotopic (exact) mass is 242 g/mol. The van der Waals surface area contributed by atoms with Gasteiger partial charge in [0.25, 0.3) is 0 Å². The molecule has 1 heterocycles. The molecule has 78 valence electrons. The number of halogens is 2. The molecule has 0 saturated heterocycles. The predicted octanol–water partition coefficient (Wildman–Crippen LogP) is 2.46. The smallest absolute Gasteiger partial charge is 0.223 e. The van der Waals surface area contributed by atoms with E-state index in [1.807, 2.05) is 0 Å². The zero-order valence-corrected chi connectivity index (χ0v) is 9.42. The van der Waals surface area contributed by atoms with E-state index in [0.29, 0.717) is 21.8 Å². The number of benzene rings is 1. The molecular formula is C9H8Cl2N4. The normalized spacial score (nSPS) is 10.6. The Balaban J connectivity index is 2.54. The minimum Gasteiger partial charge on any atom is -0.368 e. The Bertz CT molecular complexity index is 507. The molecular weight excluding hydrogens is 235 g/mol. The van der Waals surface area contributed by atoms with Crippen molar-refractivity contribution in [1.29, 1.82) is 0 Å². The number of aromatic nitrogens is 3. The van der Waals surface area contributed by atoms with Crippen molar-refractivity contribution in [2.45, 2.75) is 6.92 Å². The standard InChI is InChI=1S/C9H8Cl2N4/c1-5-13-9(12)15(14-5)6-2-3-7(10)8(11)4-6/h2-4H,1H3,(H2,12,13,14). The second-order valence-corrected chi connectivity index (χ2v) is 3.84. The highest BCUT2D eigenvalue weighted by molar-refractivity contribution is 6.42. The molecule has 2 rings (SSSR count). The van der Waals surface area contributed by atoms with Crippen LogP contribution in [0.4, 0.5) is 5.95 Å². The van der Waals surface area contributed by atoms with Gasteiger partial charge in [0.1, 0.15) is 5.82 Å². The zero-order valence-electron chi connectivity index (χ0n) is 7.91. The van der Waals surface area contributed by atoms with Crippen molar-refractivity contribution in [3.63, 3.8) is 0 Å². The molecule has 6 heteroatoms. The molecule has 4 nitrogen and oxygen atoms in total. The summed E-state index contributed by atoms with van der Waals surface area (Å²) in [5.41, 5.74) is 6.41. The molecule has 0 radical (unpaired) electrons. The van der Waals surface area contributed by atoms with Gasteiger partial charge < -0.3 is 5.73 Å². The summed E-state index contributed by atoms with van der Waals surface area (Å²) in [6.45, 7) is 1.77. The summed E-state index contributed by atoms with van der Waals surface area (Å²) in [6, 6.07) is 5.16. The van der Waals surface area contributed by atoms with Gasteiger partial charge in [0.05, 0.1) is 15.7 Å². The Labute approximate surface area is 96.6 Å². The number of rotatable bonds is 1. The largest absolute Gasteiger partial charge is 0.368 e. The molecule has 0 amide bonds. The van der Waals surface area contributed by atoms with E-state index in [0.717, 1.165) is 5.69 Å². The molecule has 0 saturated carbocycles. The van der Waals surface area contributed by atoms with Crippen LogP contribution in [0.15, 0.2) is 18.2 Å². The second-order valence-electron chi connectivity index (χ2n) is 3.03. The van der Waals surface area contributed by atoms with Gasteiger partial charge in [0, 0.05) is 0 Å². The van der Waals surface area contributed by atoms with Crippen LogP contribution < -0.4 is 5.73 Å². The zero-order chi connectivity index (χ0) is 11.0. The third-order valence-corrected chi connectivity index (χ3v) is 2.62. The lowest BCUT2D eigenvalue weighted by Gasteiger charge is -2.03. The molecule has 15 heavy (non-hydrogen) atoms. The van der Waals surface area contributed by atoms with E-state index in [1.165, 1.54) is 4.68 Å². The van der Waals surface area contributed by atoms with Crippen molar-refractivity contribution in [2.75, 3.05) is 5.73 Å². The maximum Gasteiger partial charge on any atom is 0.223 e. The van der Waals surface area contributed by atoms with Crippen molar-refractivity contribution < 1.29 is 0 Å². The third-order valence-electron chi connectivity index (χ3n) is 1.89. The molecule has 0 aliphatic carbocycles. The Kier molecular flexibility index (Phi) is 2.54. The van der Waals surface area contributed by atoms with Crippen LogP contribution in [0.2, 0.25) is 10.0 Å². The van der Waals surface area contributed by atoms with Gasteiger partial charge in [0.15, 0.2) is 0 Å². The summed E-state index contributed by atoms with van der Waals surface area (Å²) >= 11 is 11.7. The second kappa shape index (κ2) is 3.72. The average Bonchev–Trinajstić information content (AvgIpc) is 2.50. The molecule has 1 aromatic carbocycles. The van der Waals surface area contributed by atoms with E-state index in [2.05, 4.69) is 10.1 Å². The number of nitrogens with two attached hydrogens (primary N) is 1. The lowest BCUT2D eigenvalue weighted by atomic mass is 10.3. The summed E-state index contributed by atoms with van der Waals surface area (Å²) in [6.07, 6.45) is 0. The van der Waals surface area contributed by atoms with Crippen LogP contribution in [0.5, 0.6) is 0 Å². The lowest BCUT2D eigenvalue weighted by molar-refractivity contribution is 0.872. The molecule has 2 aromatic rings. The molecule has 0 aliphatic rings. The average molecular weight is 243 g/mol. The van der Waals surface area contributed by atoms with Gasteiger partial charge in [-0.2, -0.15) is 9.67 Å². The maximum atomic E-state index is 5.89. The minimum absolute atomic E-state index is 0.325. The fourth-order valence-electron chi connectivity index (χ4n) is 1.24. The van der Waals surface area contributed by atoms with E-state index < -0.39 is 0 Å². The van der Waals surface area contributed by atoms with E-state index >= 15 is 0 Å². The van der Waals surface area contributed by atoms with Gasteiger partial charge >= 0.3 is 0 Å². The maximum absolute atomic E-state index is 5.89. The highest BCUT2D eigenvalue weighted by Crippen LogP contribution is 2.24. The van der Waals surface area contributed by atoms with Crippen LogP contribution in [0.25, 0.3) is 5.69 Å². The van der Waals surface area contributed by atoms with Crippen molar-refractivity contribution in [3.8, 4) is 5.69 Å². The van der Waals surface area contributed by atoms with Crippen molar-refractivity contribution in [2.24, 2.45) is 0 Å². The van der Waals surface area contributed by atoms with E-state index in [4.69, 9.17) is 28.9 Å². The van der Waals surface area contributed by atoms with E-state index in [9.17, 15) is 0 Å². The Morgan fingerprint density at radius 2 is 2.00 bits per heavy atom. The highest BCUT2D eigenvalue weighted by Gasteiger charge is 2.07. The molecule has 0 atom stereocenters. The molecule has 0 unspecified atom stereocenters. The fraction of sp³-hybridized carbons (Fsp3) is 0.111. The van der Waals surface area contributed by atoms with Crippen LogP contribution in [0.3, 0.4) is 0 Å². The lowest BCUT2D eigenvalue weighted by Crippen LogP contribution is -2.02. The highest BCUT2D eigenvalue weighted by atomic mass is 35.5. The van der Waals surface area contributed by atoms with Crippen LogP contribution in [0.1, 0.15) is 5.82 Å².